The molecular weight excluding hydrogens is 141 g/mol. The maximum absolute atomic E-state index is 13.1. The third kappa shape index (κ3) is 2.51. The highest BCUT2D eigenvalue weighted by Crippen LogP contribution is 2.15. The van der Waals surface area contributed by atoms with Crippen molar-refractivity contribution in [3.05, 3.63) is 0 Å². The summed E-state index contributed by atoms with van der Waals surface area (Å²) in [5.74, 6) is 2.45. The molecule has 1 aliphatic heterocycles. The Labute approximate surface area is 67.4 Å². The Kier molecular flexibility index (Phi) is 3.38. The third-order valence-corrected chi connectivity index (χ3v) is 2.10. The van der Waals surface area contributed by atoms with E-state index in [4.69, 9.17) is 6.42 Å². The van der Waals surface area contributed by atoms with Crippen molar-refractivity contribution in [1.82, 2.24) is 5.32 Å². The molecule has 0 aliphatic carbocycles. The first-order chi connectivity index (χ1) is 5.34. The Bertz CT molecular complexity index is 144. The highest BCUT2D eigenvalue weighted by molar-refractivity contribution is 4.88. The van der Waals surface area contributed by atoms with Crippen LogP contribution in [0.5, 0.6) is 0 Å². The van der Waals surface area contributed by atoms with E-state index >= 15 is 0 Å². The zero-order valence-electron chi connectivity index (χ0n) is 6.65. The van der Waals surface area contributed by atoms with Crippen molar-refractivity contribution in [2.75, 3.05) is 6.54 Å². The van der Waals surface area contributed by atoms with E-state index in [9.17, 15) is 4.39 Å². The number of nitrogens with one attached hydrogen (secondary N) is 1. The van der Waals surface area contributed by atoms with Crippen LogP contribution in [-0.4, -0.2) is 18.8 Å². The molecule has 1 N–H and O–H groups in total. The molecule has 1 saturated heterocycles. The van der Waals surface area contributed by atoms with Crippen molar-refractivity contribution in [1.29, 1.82) is 0 Å². The van der Waals surface area contributed by atoms with Gasteiger partial charge in [-0.2, -0.15) is 0 Å². The van der Waals surface area contributed by atoms with Gasteiger partial charge in [-0.15, -0.1) is 12.3 Å². The van der Waals surface area contributed by atoms with Gasteiger partial charge in [0.15, 0.2) is 0 Å². The van der Waals surface area contributed by atoms with Gasteiger partial charge in [0.25, 0.3) is 0 Å². The quantitative estimate of drug-likeness (QED) is 0.609. The first kappa shape index (κ1) is 8.55. The number of hydrogen-bond donors (Lipinski definition) is 1. The Hall–Kier alpha value is -0.550. The number of alkyl halides is 1. The van der Waals surface area contributed by atoms with E-state index in [1.165, 1.54) is 0 Å². The van der Waals surface area contributed by atoms with E-state index in [-0.39, 0.29) is 6.04 Å². The van der Waals surface area contributed by atoms with Gasteiger partial charge in [0, 0.05) is 12.5 Å². The van der Waals surface area contributed by atoms with E-state index in [0.29, 0.717) is 12.8 Å². The predicted molar refractivity (Wildman–Crippen MR) is 44.0 cm³/mol. The maximum Gasteiger partial charge on any atom is 0.116 e. The Morgan fingerprint density at radius 3 is 3.09 bits per heavy atom. The van der Waals surface area contributed by atoms with Gasteiger partial charge in [0.1, 0.15) is 6.17 Å². The lowest BCUT2D eigenvalue weighted by Gasteiger charge is -2.13. The molecule has 2 unspecified atom stereocenters. The third-order valence-electron chi connectivity index (χ3n) is 2.10. The topological polar surface area (TPSA) is 12.0 Å². The van der Waals surface area contributed by atoms with Crippen LogP contribution in [0.4, 0.5) is 4.39 Å². The molecule has 2 heteroatoms. The highest BCUT2D eigenvalue weighted by atomic mass is 19.1. The minimum atomic E-state index is -0.742. The average molecular weight is 155 g/mol. The van der Waals surface area contributed by atoms with Gasteiger partial charge in [0.05, 0.1) is 0 Å². The zero-order chi connectivity index (χ0) is 8.10. The smallest absolute Gasteiger partial charge is 0.116 e. The van der Waals surface area contributed by atoms with E-state index in [0.717, 1.165) is 19.4 Å². The van der Waals surface area contributed by atoms with Crippen molar-refractivity contribution in [2.45, 2.75) is 37.9 Å². The Morgan fingerprint density at radius 2 is 2.55 bits per heavy atom. The van der Waals surface area contributed by atoms with Crippen LogP contribution in [0.1, 0.15) is 25.7 Å². The summed E-state index contributed by atoms with van der Waals surface area (Å²) in [6.07, 6.45) is 7.42. The molecule has 1 heterocycles. The summed E-state index contributed by atoms with van der Waals surface area (Å²) in [6.45, 7) is 0.959. The van der Waals surface area contributed by atoms with Gasteiger partial charge in [-0.25, -0.2) is 4.39 Å². The molecule has 1 rings (SSSR count). The second-order valence-electron chi connectivity index (χ2n) is 2.96. The molecule has 0 bridgehead atoms. The van der Waals surface area contributed by atoms with Crippen molar-refractivity contribution >= 4 is 0 Å². The summed E-state index contributed by atoms with van der Waals surface area (Å²) in [7, 11) is 0. The van der Waals surface area contributed by atoms with Crippen LogP contribution < -0.4 is 5.32 Å². The van der Waals surface area contributed by atoms with Crippen LogP contribution in [0.25, 0.3) is 0 Å². The van der Waals surface area contributed by atoms with Gasteiger partial charge in [-0.3, -0.25) is 0 Å². The number of terminal acetylenes is 1. The fourth-order valence-corrected chi connectivity index (χ4v) is 1.44. The highest BCUT2D eigenvalue weighted by Gasteiger charge is 2.22. The van der Waals surface area contributed by atoms with E-state index in [2.05, 4.69) is 11.2 Å². The van der Waals surface area contributed by atoms with Crippen LogP contribution >= 0.6 is 0 Å². The molecular formula is C9H14FN. The molecule has 0 radical (unpaired) electrons. The van der Waals surface area contributed by atoms with E-state index < -0.39 is 6.17 Å². The Balaban J connectivity index is 2.18. The standard InChI is InChI=1S/C9H14FN/c1-2-3-5-8(10)9-6-4-7-11-9/h1,8-9,11H,3-7H2. The Morgan fingerprint density at radius 1 is 1.73 bits per heavy atom. The van der Waals surface area contributed by atoms with Gasteiger partial charge in [-0.1, -0.05) is 0 Å². The van der Waals surface area contributed by atoms with Crippen molar-refractivity contribution in [3.8, 4) is 12.3 Å². The van der Waals surface area contributed by atoms with Crippen molar-refractivity contribution < 1.29 is 4.39 Å². The van der Waals surface area contributed by atoms with Crippen LogP contribution in [0.3, 0.4) is 0 Å². The van der Waals surface area contributed by atoms with Crippen molar-refractivity contribution in [3.63, 3.8) is 0 Å². The summed E-state index contributed by atoms with van der Waals surface area (Å²) >= 11 is 0. The van der Waals surface area contributed by atoms with Gasteiger partial charge in [-0.05, 0) is 25.8 Å². The van der Waals surface area contributed by atoms with Crippen LogP contribution in [-0.2, 0) is 0 Å². The molecule has 0 aromatic heterocycles. The molecule has 0 amide bonds. The van der Waals surface area contributed by atoms with E-state index in [1.807, 2.05) is 0 Å². The molecule has 11 heavy (non-hydrogen) atoms. The minimum Gasteiger partial charge on any atom is -0.311 e. The molecule has 0 spiro atoms. The number of hydrogen-bond acceptors (Lipinski definition) is 1. The minimum absolute atomic E-state index is 0.0725. The van der Waals surface area contributed by atoms with Gasteiger partial charge < -0.3 is 5.32 Å². The van der Waals surface area contributed by atoms with Crippen LogP contribution in [0.15, 0.2) is 0 Å². The zero-order valence-corrected chi connectivity index (χ0v) is 6.65. The number of halogens is 1. The summed E-state index contributed by atoms with van der Waals surface area (Å²) in [4.78, 5) is 0. The lowest BCUT2D eigenvalue weighted by molar-refractivity contribution is 0.252. The van der Waals surface area contributed by atoms with Gasteiger partial charge >= 0.3 is 0 Å². The molecule has 1 fully saturated rings. The predicted octanol–water partition coefficient (Wildman–Crippen LogP) is 1.49. The molecule has 2 atom stereocenters. The second-order valence-corrected chi connectivity index (χ2v) is 2.96. The molecule has 0 saturated carbocycles. The van der Waals surface area contributed by atoms with Gasteiger partial charge in [0.2, 0.25) is 0 Å². The first-order valence-corrected chi connectivity index (χ1v) is 4.15. The summed E-state index contributed by atoms with van der Waals surface area (Å²) in [6, 6.07) is 0.0725. The fourth-order valence-electron chi connectivity index (χ4n) is 1.44. The first-order valence-electron chi connectivity index (χ1n) is 4.15. The molecule has 1 nitrogen and oxygen atoms in total. The molecule has 1 aliphatic rings. The molecule has 0 aromatic rings. The normalized spacial score (nSPS) is 26.4. The summed E-state index contributed by atoms with van der Waals surface area (Å²) in [5.41, 5.74) is 0. The van der Waals surface area contributed by atoms with E-state index in [1.54, 1.807) is 0 Å². The lowest BCUT2D eigenvalue weighted by Crippen LogP contribution is -2.31. The largest absolute Gasteiger partial charge is 0.311 e. The van der Waals surface area contributed by atoms with Crippen molar-refractivity contribution in [2.24, 2.45) is 0 Å². The fraction of sp³-hybridized carbons (Fsp3) is 0.778. The second kappa shape index (κ2) is 4.35. The number of rotatable bonds is 3. The maximum atomic E-state index is 13.1. The monoisotopic (exact) mass is 155 g/mol. The average Bonchev–Trinajstić information content (AvgIpc) is 2.52. The molecule has 62 valence electrons. The SMILES string of the molecule is C#CCCC(F)C1CCCN1. The van der Waals surface area contributed by atoms with Crippen LogP contribution in [0, 0.1) is 12.3 Å². The lowest BCUT2D eigenvalue weighted by atomic mass is 10.1. The van der Waals surface area contributed by atoms with Crippen LogP contribution in [0.2, 0.25) is 0 Å². The summed E-state index contributed by atoms with van der Waals surface area (Å²) < 4.78 is 13.1. The molecule has 0 aromatic carbocycles. The summed E-state index contributed by atoms with van der Waals surface area (Å²) in [5, 5.41) is 3.12.